The maximum absolute atomic E-state index is 12.3. The van der Waals surface area contributed by atoms with Gasteiger partial charge in [0, 0.05) is 16.6 Å². The minimum Gasteiger partial charge on any atom is -0.340 e. The van der Waals surface area contributed by atoms with Crippen molar-refractivity contribution in [3.63, 3.8) is 0 Å². The summed E-state index contributed by atoms with van der Waals surface area (Å²) in [6.45, 7) is 5.96. The number of sulfone groups is 1. The molecule has 0 fully saturated rings. The molecule has 0 amide bonds. The molecular weight excluding hydrogens is 452 g/mol. The monoisotopic (exact) mass is 478 g/mol. The van der Waals surface area contributed by atoms with Crippen LogP contribution in [0.15, 0.2) is 64.6 Å². The summed E-state index contributed by atoms with van der Waals surface area (Å²) < 4.78 is 24.5. The lowest BCUT2D eigenvalue weighted by molar-refractivity contribution is 0.597. The highest BCUT2D eigenvalue weighted by Crippen LogP contribution is 2.31. The Morgan fingerprint density at radius 2 is 1.61 bits per heavy atom. The van der Waals surface area contributed by atoms with Gasteiger partial charge in [0.25, 0.3) is 0 Å². The number of halogens is 1. The maximum Gasteiger partial charge on any atom is 0.178 e. The third kappa shape index (κ3) is 6.35. The average Bonchev–Trinajstić information content (AvgIpc) is 2.74. The fourth-order valence-corrected chi connectivity index (χ4v) is 4.32. The zero-order chi connectivity index (χ0) is 21.7. The molecule has 0 aliphatic rings. The number of anilines is 4. The molecule has 0 aliphatic heterocycles. The van der Waals surface area contributed by atoms with E-state index in [1.165, 1.54) is 23.7 Å². The molecular formula is C22H27ClN4O2S2. The largest absolute Gasteiger partial charge is 0.340 e. The Labute approximate surface area is 194 Å². The molecule has 31 heavy (non-hydrogen) atoms. The van der Waals surface area contributed by atoms with Crippen LogP contribution < -0.4 is 10.6 Å². The fraction of sp³-hybridized carbons (Fsp3) is 0.273. The molecule has 1 heterocycles. The molecule has 6 nitrogen and oxygen atoms in total. The normalized spacial score (nSPS) is 11.1. The number of rotatable bonds is 8. The highest BCUT2D eigenvalue weighted by Gasteiger charge is 2.14. The van der Waals surface area contributed by atoms with E-state index >= 15 is 0 Å². The summed E-state index contributed by atoms with van der Waals surface area (Å²) in [5.74, 6) is 1.76. The average molecular weight is 479 g/mol. The molecule has 0 saturated carbocycles. The third-order valence-electron chi connectivity index (χ3n) is 4.69. The lowest BCUT2D eigenvalue weighted by atomic mass is 10.0. The first-order chi connectivity index (χ1) is 14.3. The van der Waals surface area contributed by atoms with Gasteiger partial charge in [0.05, 0.1) is 16.3 Å². The molecule has 0 saturated heterocycles. The number of nitrogens with one attached hydrogen (secondary N) is 2. The molecule has 2 aromatic carbocycles. The number of nitrogens with zero attached hydrogens (tertiary/aromatic N) is 2. The topological polar surface area (TPSA) is 84.0 Å². The van der Waals surface area contributed by atoms with Gasteiger partial charge < -0.3 is 10.6 Å². The second-order valence-electron chi connectivity index (χ2n) is 7.08. The van der Waals surface area contributed by atoms with Gasteiger partial charge in [-0.15, -0.1) is 24.2 Å². The van der Waals surface area contributed by atoms with Crippen molar-refractivity contribution in [2.24, 2.45) is 0 Å². The summed E-state index contributed by atoms with van der Waals surface area (Å²) >= 11 is 1.54. The first-order valence-electron chi connectivity index (χ1n) is 9.69. The minimum atomic E-state index is -3.29. The molecule has 0 unspecified atom stereocenters. The Balaban J connectivity index is 0.00000341. The maximum atomic E-state index is 12.3. The summed E-state index contributed by atoms with van der Waals surface area (Å²) in [6, 6.07) is 15.1. The van der Waals surface area contributed by atoms with Gasteiger partial charge in [-0.25, -0.2) is 18.4 Å². The van der Waals surface area contributed by atoms with E-state index in [1.807, 2.05) is 24.5 Å². The predicted octanol–water partition coefficient (Wildman–Crippen LogP) is 6.02. The summed E-state index contributed by atoms with van der Waals surface area (Å²) in [5, 5.41) is 6.51. The minimum absolute atomic E-state index is 0. The Morgan fingerprint density at radius 3 is 2.19 bits per heavy atom. The number of aromatic nitrogens is 2. The summed E-state index contributed by atoms with van der Waals surface area (Å²) in [6.07, 6.45) is 3.42. The van der Waals surface area contributed by atoms with E-state index in [4.69, 9.17) is 0 Å². The zero-order valence-electron chi connectivity index (χ0n) is 17.9. The van der Waals surface area contributed by atoms with Gasteiger partial charge in [0.15, 0.2) is 9.84 Å². The smallest absolute Gasteiger partial charge is 0.178 e. The highest BCUT2D eigenvalue weighted by molar-refractivity contribution is 7.98. The van der Waals surface area contributed by atoms with Crippen LogP contribution in [0, 0.1) is 0 Å². The van der Waals surface area contributed by atoms with Gasteiger partial charge in [-0.3, -0.25) is 0 Å². The van der Waals surface area contributed by atoms with Gasteiger partial charge in [0.2, 0.25) is 0 Å². The molecule has 0 bridgehead atoms. The van der Waals surface area contributed by atoms with Crippen molar-refractivity contribution >= 4 is 57.0 Å². The van der Waals surface area contributed by atoms with Crippen LogP contribution in [-0.4, -0.2) is 30.4 Å². The van der Waals surface area contributed by atoms with Crippen LogP contribution in [-0.2, 0) is 9.84 Å². The predicted molar refractivity (Wildman–Crippen MR) is 132 cm³/mol. The molecule has 0 aliphatic carbocycles. The first kappa shape index (κ1) is 25.0. The van der Waals surface area contributed by atoms with E-state index in [2.05, 4.69) is 46.6 Å². The molecule has 0 radical (unpaired) electrons. The van der Waals surface area contributed by atoms with E-state index in [9.17, 15) is 8.42 Å². The van der Waals surface area contributed by atoms with Crippen LogP contribution in [0.2, 0.25) is 0 Å². The van der Waals surface area contributed by atoms with Crippen molar-refractivity contribution < 1.29 is 8.42 Å². The van der Waals surface area contributed by atoms with Crippen molar-refractivity contribution in [2.45, 2.75) is 36.5 Å². The first-order valence-corrected chi connectivity index (χ1v) is 12.6. The Bertz CT molecular complexity index is 1120. The van der Waals surface area contributed by atoms with Crippen LogP contribution in [0.4, 0.5) is 23.0 Å². The van der Waals surface area contributed by atoms with Gasteiger partial charge >= 0.3 is 0 Å². The molecule has 3 aromatic rings. The number of hydrogen-bond acceptors (Lipinski definition) is 7. The Morgan fingerprint density at radius 1 is 0.968 bits per heavy atom. The van der Waals surface area contributed by atoms with Gasteiger partial charge in [-0.05, 0) is 48.1 Å². The molecule has 0 atom stereocenters. The Hall–Kier alpha value is -2.29. The van der Waals surface area contributed by atoms with Crippen LogP contribution in [0.3, 0.4) is 0 Å². The number of benzene rings is 2. The second kappa shape index (κ2) is 10.8. The third-order valence-corrected chi connectivity index (χ3v) is 7.22. The van der Waals surface area contributed by atoms with Gasteiger partial charge in [-0.1, -0.05) is 32.9 Å². The van der Waals surface area contributed by atoms with E-state index in [0.717, 1.165) is 10.6 Å². The number of hydrogen-bond donors (Lipinski definition) is 2. The van der Waals surface area contributed by atoms with Crippen LogP contribution >= 0.6 is 24.2 Å². The van der Waals surface area contributed by atoms with Gasteiger partial charge in [-0.2, -0.15) is 0 Å². The van der Waals surface area contributed by atoms with Crippen molar-refractivity contribution in [2.75, 3.05) is 22.6 Å². The van der Waals surface area contributed by atoms with E-state index in [-0.39, 0.29) is 18.2 Å². The van der Waals surface area contributed by atoms with Crippen molar-refractivity contribution in [1.82, 2.24) is 9.97 Å². The van der Waals surface area contributed by atoms with E-state index in [1.54, 1.807) is 25.1 Å². The highest BCUT2D eigenvalue weighted by atomic mass is 35.5. The molecule has 0 spiro atoms. The summed E-state index contributed by atoms with van der Waals surface area (Å²) in [4.78, 5) is 9.79. The SMILES string of the molecule is CCS(=O)(=O)c1ccc(SC)c(Nc2cc(Nc3ccc(C(C)C)cc3)ncn2)c1.Cl. The molecule has 9 heteroatoms. The second-order valence-corrected chi connectivity index (χ2v) is 10.2. The van der Waals surface area contributed by atoms with Crippen molar-refractivity contribution in [3.05, 3.63) is 60.4 Å². The number of thioether (sulfide) groups is 1. The molecule has 3 rings (SSSR count). The fourth-order valence-electron chi connectivity index (χ4n) is 2.88. The Kier molecular flexibility index (Phi) is 8.73. The van der Waals surface area contributed by atoms with Crippen molar-refractivity contribution in [1.29, 1.82) is 0 Å². The molecule has 1 aromatic heterocycles. The van der Waals surface area contributed by atoms with E-state index in [0.29, 0.717) is 28.1 Å². The van der Waals surface area contributed by atoms with Crippen LogP contribution in [0.25, 0.3) is 0 Å². The lowest BCUT2D eigenvalue weighted by Gasteiger charge is -2.13. The van der Waals surface area contributed by atoms with Crippen LogP contribution in [0.1, 0.15) is 32.3 Å². The summed E-state index contributed by atoms with van der Waals surface area (Å²) in [7, 11) is -3.29. The van der Waals surface area contributed by atoms with Crippen LogP contribution in [0.5, 0.6) is 0 Å². The zero-order valence-corrected chi connectivity index (χ0v) is 20.4. The summed E-state index contributed by atoms with van der Waals surface area (Å²) in [5.41, 5.74) is 2.91. The molecule has 166 valence electrons. The van der Waals surface area contributed by atoms with Crippen molar-refractivity contribution in [3.8, 4) is 0 Å². The standard InChI is InChI=1S/C22H26N4O2S2.ClH/c1-5-30(27,28)18-10-11-20(29-4)19(12-18)26-22-13-21(23-14-24-22)25-17-8-6-16(7-9-17)15(2)3;/h6-15H,5H2,1-4H3,(H2,23,24,25,26);1H. The van der Waals surface area contributed by atoms with Gasteiger partial charge in [0.1, 0.15) is 18.0 Å². The quantitative estimate of drug-likeness (QED) is 0.382. The molecule has 2 N–H and O–H groups in total. The van der Waals surface area contributed by atoms with E-state index < -0.39 is 9.84 Å². The lowest BCUT2D eigenvalue weighted by Crippen LogP contribution is -2.05.